The first kappa shape index (κ1) is 10.6. The van der Waals surface area contributed by atoms with E-state index < -0.39 is 0 Å². The van der Waals surface area contributed by atoms with Gasteiger partial charge in [-0.2, -0.15) is 0 Å². The Bertz CT molecular complexity index is 691. The Morgan fingerprint density at radius 3 is 2.71 bits per heavy atom. The smallest absolute Gasteiger partial charge is 0.179 e. The molecule has 1 aromatic carbocycles. The van der Waals surface area contributed by atoms with Gasteiger partial charge in [0.05, 0.1) is 5.02 Å². The van der Waals surface area contributed by atoms with Crippen LogP contribution in [0.15, 0.2) is 42.6 Å². The molecular formula is C12H7Cl2N3. The maximum atomic E-state index is 6.04. The largest absolute Gasteiger partial charge is 0.281 e. The van der Waals surface area contributed by atoms with Crippen molar-refractivity contribution in [1.82, 2.24) is 14.6 Å². The van der Waals surface area contributed by atoms with Gasteiger partial charge in [0, 0.05) is 16.8 Å². The maximum Gasteiger partial charge on any atom is 0.179 e. The second-order valence-electron chi connectivity index (χ2n) is 3.58. The molecule has 2 aromatic heterocycles. The normalized spacial score (nSPS) is 10.9. The lowest BCUT2D eigenvalue weighted by Gasteiger charge is -2.00. The van der Waals surface area contributed by atoms with Gasteiger partial charge >= 0.3 is 0 Å². The van der Waals surface area contributed by atoms with E-state index in [1.807, 2.05) is 40.9 Å². The average Bonchev–Trinajstić information content (AvgIpc) is 2.74. The van der Waals surface area contributed by atoms with Gasteiger partial charge in [-0.05, 0) is 24.3 Å². The summed E-state index contributed by atoms with van der Waals surface area (Å²) >= 11 is 12.0. The SMILES string of the molecule is Clc1cccc(-c2nnc3c(Cl)cccn23)c1. The molecule has 0 radical (unpaired) electrons. The molecule has 0 amide bonds. The van der Waals surface area contributed by atoms with Gasteiger partial charge in [-0.25, -0.2) is 0 Å². The van der Waals surface area contributed by atoms with Crippen molar-refractivity contribution in [2.24, 2.45) is 0 Å². The summed E-state index contributed by atoms with van der Waals surface area (Å²) < 4.78 is 1.84. The highest BCUT2D eigenvalue weighted by molar-refractivity contribution is 6.33. The number of rotatable bonds is 1. The zero-order chi connectivity index (χ0) is 11.8. The van der Waals surface area contributed by atoms with Gasteiger partial charge in [-0.3, -0.25) is 4.40 Å². The molecule has 0 atom stereocenters. The topological polar surface area (TPSA) is 30.2 Å². The number of halogens is 2. The van der Waals surface area contributed by atoms with Crippen molar-refractivity contribution < 1.29 is 0 Å². The number of pyridine rings is 1. The van der Waals surface area contributed by atoms with E-state index in [4.69, 9.17) is 23.2 Å². The number of hydrogen-bond acceptors (Lipinski definition) is 2. The monoisotopic (exact) mass is 263 g/mol. The fraction of sp³-hybridized carbons (Fsp3) is 0. The number of hydrogen-bond donors (Lipinski definition) is 0. The van der Waals surface area contributed by atoms with Crippen LogP contribution in [0.1, 0.15) is 0 Å². The standard InChI is InChI=1S/C12H7Cl2N3/c13-9-4-1-3-8(7-9)11-15-16-12-10(14)5-2-6-17(11)12/h1-7H. The lowest BCUT2D eigenvalue weighted by molar-refractivity contribution is 1.11. The number of nitrogens with zero attached hydrogens (tertiary/aromatic N) is 3. The van der Waals surface area contributed by atoms with Crippen LogP contribution in [-0.4, -0.2) is 14.6 Å². The molecule has 0 spiro atoms. The van der Waals surface area contributed by atoms with Gasteiger partial charge in [-0.1, -0.05) is 35.3 Å². The molecular weight excluding hydrogens is 257 g/mol. The number of fused-ring (bicyclic) bond motifs is 1. The van der Waals surface area contributed by atoms with E-state index in [0.717, 1.165) is 11.4 Å². The molecule has 0 bridgehead atoms. The summed E-state index contributed by atoms with van der Waals surface area (Å²) in [5, 5.41) is 9.44. The summed E-state index contributed by atoms with van der Waals surface area (Å²) in [7, 11) is 0. The highest BCUT2D eigenvalue weighted by Gasteiger charge is 2.09. The highest BCUT2D eigenvalue weighted by atomic mass is 35.5. The van der Waals surface area contributed by atoms with E-state index >= 15 is 0 Å². The van der Waals surface area contributed by atoms with E-state index in [1.54, 1.807) is 6.07 Å². The predicted octanol–water partition coefficient (Wildman–Crippen LogP) is 3.70. The van der Waals surface area contributed by atoms with Crippen LogP contribution in [0.3, 0.4) is 0 Å². The quantitative estimate of drug-likeness (QED) is 0.670. The Balaban J connectivity index is 2.28. The zero-order valence-corrected chi connectivity index (χ0v) is 10.2. The highest BCUT2D eigenvalue weighted by Crippen LogP contribution is 2.24. The Kier molecular flexibility index (Phi) is 2.50. The van der Waals surface area contributed by atoms with Gasteiger partial charge in [0.25, 0.3) is 0 Å². The van der Waals surface area contributed by atoms with Crippen LogP contribution in [0.5, 0.6) is 0 Å². The minimum absolute atomic E-state index is 0.577. The lowest BCUT2D eigenvalue weighted by Crippen LogP contribution is -1.88. The summed E-state index contributed by atoms with van der Waals surface area (Å²) in [5.74, 6) is 0.727. The summed E-state index contributed by atoms with van der Waals surface area (Å²) in [6, 6.07) is 11.1. The molecule has 0 N–H and O–H groups in total. The zero-order valence-electron chi connectivity index (χ0n) is 8.64. The molecule has 0 fully saturated rings. The Morgan fingerprint density at radius 1 is 1.00 bits per heavy atom. The van der Waals surface area contributed by atoms with Crippen molar-refractivity contribution >= 4 is 28.8 Å². The minimum atomic E-state index is 0.577. The van der Waals surface area contributed by atoms with Crippen molar-refractivity contribution in [3.63, 3.8) is 0 Å². The molecule has 3 rings (SSSR count). The van der Waals surface area contributed by atoms with Gasteiger partial charge < -0.3 is 0 Å². The molecule has 3 aromatic rings. The molecule has 2 heterocycles. The van der Waals surface area contributed by atoms with E-state index in [1.165, 1.54) is 0 Å². The summed E-state index contributed by atoms with van der Waals surface area (Å²) in [5.41, 5.74) is 1.55. The van der Waals surface area contributed by atoms with Crippen molar-refractivity contribution in [2.45, 2.75) is 0 Å². The first-order chi connectivity index (χ1) is 8.25. The summed E-state index contributed by atoms with van der Waals surface area (Å²) in [6.45, 7) is 0. The maximum absolute atomic E-state index is 6.04. The average molecular weight is 264 g/mol. The van der Waals surface area contributed by atoms with Gasteiger partial charge in [0.1, 0.15) is 0 Å². The Morgan fingerprint density at radius 2 is 1.88 bits per heavy atom. The van der Waals surface area contributed by atoms with Crippen molar-refractivity contribution in [3.05, 3.63) is 52.6 Å². The molecule has 0 aliphatic rings. The van der Waals surface area contributed by atoms with Crippen LogP contribution in [0.25, 0.3) is 17.0 Å². The van der Waals surface area contributed by atoms with E-state index in [9.17, 15) is 0 Å². The van der Waals surface area contributed by atoms with Crippen LogP contribution in [0.4, 0.5) is 0 Å². The first-order valence-corrected chi connectivity index (χ1v) is 5.76. The first-order valence-electron chi connectivity index (χ1n) is 5.01. The number of aromatic nitrogens is 3. The number of benzene rings is 1. The Hall–Kier alpha value is -1.58. The van der Waals surface area contributed by atoms with E-state index in [0.29, 0.717) is 15.7 Å². The molecule has 0 saturated heterocycles. The van der Waals surface area contributed by atoms with Crippen LogP contribution in [-0.2, 0) is 0 Å². The fourth-order valence-corrected chi connectivity index (χ4v) is 2.10. The third-order valence-electron chi connectivity index (χ3n) is 2.47. The molecule has 3 nitrogen and oxygen atoms in total. The van der Waals surface area contributed by atoms with Crippen molar-refractivity contribution in [2.75, 3.05) is 0 Å². The lowest BCUT2D eigenvalue weighted by atomic mass is 10.2. The van der Waals surface area contributed by atoms with Gasteiger partial charge in [0.15, 0.2) is 11.5 Å². The molecule has 0 aliphatic carbocycles. The predicted molar refractivity (Wildman–Crippen MR) is 68.4 cm³/mol. The van der Waals surface area contributed by atoms with Crippen molar-refractivity contribution in [1.29, 1.82) is 0 Å². The second-order valence-corrected chi connectivity index (χ2v) is 4.43. The molecule has 0 saturated carbocycles. The molecule has 17 heavy (non-hydrogen) atoms. The summed E-state index contributed by atoms with van der Waals surface area (Å²) in [4.78, 5) is 0. The third kappa shape index (κ3) is 1.77. The summed E-state index contributed by atoms with van der Waals surface area (Å²) in [6.07, 6.45) is 1.87. The van der Waals surface area contributed by atoms with Crippen LogP contribution < -0.4 is 0 Å². The Labute approximate surface area is 108 Å². The van der Waals surface area contributed by atoms with Crippen LogP contribution in [0.2, 0.25) is 10.0 Å². The molecule has 0 aliphatic heterocycles. The fourth-order valence-electron chi connectivity index (χ4n) is 1.71. The van der Waals surface area contributed by atoms with Gasteiger partial charge in [-0.15, -0.1) is 10.2 Å². The third-order valence-corrected chi connectivity index (χ3v) is 3.00. The molecule has 0 unspecified atom stereocenters. The van der Waals surface area contributed by atoms with Crippen molar-refractivity contribution in [3.8, 4) is 11.4 Å². The van der Waals surface area contributed by atoms with E-state index in [-0.39, 0.29) is 0 Å². The van der Waals surface area contributed by atoms with E-state index in [2.05, 4.69) is 10.2 Å². The van der Waals surface area contributed by atoms with Gasteiger partial charge in [0.2, 0.25) is 0 Å². The minimum Gasteiger partial charge on any atom is -0.281 e. The molecule has 5 heteroatoms. The second kappa shape index (κ2) is 4.02. The molecule has 84 valence electrons. The van der Waals surface area contributed by atoms with Crippen LogP contribution >= 0.6 is 23.2 Å². The van der Waals surface area contributed by atoms with Crippen LogP contribution in [0, 0.1) is 0 Å².